The molecule has 31 heavy (non-hydrogen) atoms. The number of anilines is 1. The highest BCUT2D eigenvalue weighted by Gasteiger charge is 2.35. The Kier molecular flexibility index (Phi) is 4.23. The molecule has 0 saturated heterocycles. The van der Waals surface area contributed by atoms with Crippen LogP contribution in [0.5, 0.6) is 5.75 Å². The van der Waals surface area contributed by atoms with Crippen LogP contribution in [0.25, 0.3) is 16.7 Å². The van der Waals surface area contributed by atoms with E-state index in [1.807, 2.05) is 24.3 Å². The van der Waals surface area contributed by atoms with Gasteiger partial charge >= 0.3 is 6.18 Å². The minimum atomic E-state index is -4.37. The van der Waals surface area contributed by atoms with Gasteiger partial charge in [0.2, 0.25) is 0 Å². The fraction of sp³-hybridized carbons (Fsp3) is 0.231. The zero-order valence-electron chi connectivity index (χ0n) is 17.5. The van der Waals surface area contributed by atoms with Crippen LogP contribution in [0.3, 0.4) is 0 Å². The lowest BCUT2D eigenvalue weighted by molar-refractivity contribution is -0.137. The second-order valence-corrected chi connectivity index (χ2v) is 8.74. The number of halogens is 3. The van der Waals surface area contributed by atoms with Gasteiger partial charge in [-0.05, 0) is 61.7 Å². The Bertz CT molecular complexity index is 1210. The normalized spacial score (nSPS) is 18.6. The first kappa shape index (κ1) is 19.7. The van der Waals surface area contributed by atoms with Crippen molar-refractivity contribution in [2.24, 2.45) is 0 Å². The number of ether oxygens (including phenoxy) is 1. The maximum Gasteiger partial charge on any atom is 0.416 e. The largest absolute Gasteiger partial charge is 0.480 e. The number of rotatable bonds is 1. The van der Waals surface area contributed by atoms with Gasteiger partial charge < -0.3 is 10.1 Å². The fourth-order valence-corrected chi connectivity index (χ4v) is 4.71. The predicted octanol–water partition coefficient (Wildman–Crippen LogP) is 7.46. The molecule has 158 valence electrons. The molecule has 2 aliphatic rings. The molecule has 2 aliphatic heterocycles. The quantitative estimate of drug-likeness (QED) is 0.440. The van der Waals surface area contributed by atoms with Crippen molar-refractivity contribution in [1.29, 1.82) is 0 Å². The van der Waals surface area contributed by atoms with Crippen LogP contribution >= 0.6 is 0 Å². The maximum absolute atomic E-state index is 13.1. The summed E-state index contributed by atoms with van der Waals surface area (Å²) >= 11 is 0. The number of hydrogen-bond donors (Lipinski definition) is 1. The number of nitrogens with one attached hydrogen (secondary N) is 1. The summed E-state index contributed by atoms with van der Waals surface area (Å²) in [5.74, 6) is 0.727. The van der Waals surface area contributed by atoms with E-state index in [-0.39, 0.29) is 5.54 Å². The van der Waals surface area contributed by atoms with Crippen molar-refractivity contribution in [2.75, 3.05) is 5.32 Å². The van der Waals surface area contributed by atoms with Gasteiger partial charge in [0, 0.05) is 22.4 Å². The van der Waals surface area contributed by atoms with E-state index in [9.17, 15) is 13.2 Å². The lowest BCUT2D eigenvalue weighted by Crippen LogP contribution is -2.32. The summed E-state index contributed by atoms with van der Waals surface area (Å²) in [4.78, 5) is 0. The third-order valence-corrected chi connectivity index (χ3v) is 5.90. The molecule has 0 aromatic heterocycles. The van der Waals surface area contributed by atoms with Gasteiger partial charge in [0.15, 0.2) is 6.10 Å². The van der Waals surface area contributed by atoms with Gasteiger partial charge in [-0.1, -0.05) is 42.5 Å². The van der Waals surface area contributed by atoms with Crippen LogP contribution in [0.1, 0.15) is 49.1 Å². The van der Waals surface area contributed by atoms with Crippen LogP contribution in [-0.2, 0) is 6.18 Å². The van der Waals surface area contributed by atoms with Crippen molar-refractivity contribution in [3.8, 4) is 16.9 Å². The van der Waals surface area contributed by atoms with Gasteiger partial charge in [0.05, 0.1) is 11.1 Å². The van der Waals surface area contributed by atoms with Crippen molar-refractivity contribution in [3.63, 3.8) is 0 Å². The molecule has 0 bridgehead atoms. The van der Waals surface area contributed by atoms with Crippen molar-refractivity contribution in [3.05, 3.63) is 89.0 Å². The molecule has 0 radical (unpaired) electrons. The van der Waals surface area contributed by atoms with Crippen molar-refractivity contribution in [2.45, 2.75) is 38.6 Å². The number of fused-ring (bicyclic) bond motifs is 5. The van der Waals surface area contributed by atoms with Crippen LogP contribution in [0.4, 0.5) is 18.9 Å². The van der Waals surface area contributed by atoms with Gasteiger partial charge in [-0.3, -0.25) is 0 Å². The lowest BCUT2D eigenvalue weighted by Gasteiger charge is -2.37. The molecule has 1 unspecified atom stereocenters. The Morgan fingerprint density at radius 2 is 1.61 bits per heavy atom. The zero-order chi connectivity index (χ0) is 22.0. The van der Waals surface area contributed by atoms with Gasteiger partial charge in [-0.2, -0.15) is 13.2 Å². The summed E-state index contributed by atoms with van der Waals surface area (Å²) in [6, 6.07) is 17.2. The molecular weight excluding hydrogens is 399 g/mol. The third-order valence-electron chi connectivity index (χ3n) is 5.90. The molecule has 0 fully saturated rings. The molecule has 0 aliphatic carbocycles. The van der Waals surface area contributed by atoms with E-state index in [2.05, 4.69) is 44.3 Å². The average molecular weight is 421 g/mol. The average Bonchev–Trinajstić information content (AvgIpc) is 2.71. The fourth-order valence-electron chi connectivity index (χ4n) is 4.71. The maximum atomic E-state index is 13.1. The lowest BCUT2D eigenvalue weighted by atomic mass is 9.80. The third kappa shape index (κ3) is 3.29. The Labute approximate surface area is 179 Å². The van der Waals surface area contributed by atoms with E-state index in [1.54, 1.807) is 0 Å². The number of para-hydroxylation sites is 1. The molecule has 0 saturated carbocycles. The highest BCUT2D eigenvalue weighted by molar-refractivity contribution is 5.90. The number of allylic oxidation sites excluding steroid dienone is 1. The van der Waals surface area contributed by atoms with Crippen LogP contribution in [0, 0.1) is 0 Å². The molecule has 5 heteroatoms. The van der Waals surface area contributed by atoms with E-state index >= 15 is 0 Å². The highest BCUT2D eigenvalue weighted by atomic mass is 19.4. The monoisotopic (exact) mass is 421 g/mol. The zero-order valence-corrected chi connectivity index (χ0v) is 17.5. The van der Waals surface area contributed by atoms with E-state index in [4.69, 9.17) is 4.74 Å². The number of hydrogen-bond acceptors (Lipinski definition) is 2. The predicted molar refractivity (Wildman–Crippen MR) is 117 cm³/mol. The summed E-state index contributed by atoms with van der Waals surface area (Å²) in [6.45, 7) is 6.29. The van der Waals surface area contributed by atoms with Crippen molar-refractivity contribution >= 4 is 11.3 Å². The highest BCUT2D eigenvalue weighted by Crippen LogP contribution is 2.50. The smallest absolute Gasteiger partial charge is 0.416 e. The van der Waals surface area contributed by atoms with Crippen LogP contribution in [0.15, 0.2) is 66.7 Å². The van der Waals surface area contributed by atoms with Crippen LogP contribution in [0.2, 0.25) is 0 Å². The molecule has 3 aromatic carbocycles. The Hall–Kier alpha value is -3.21. The standard InChI is InChI=1S/C26H22F3NO/c1-15-14-25(2,3)30-20-13-12-19-18-6-4-5-7-21(18)31-24(23(19)22(15)20)16-8-10-17(11-9-16)26(27,28)29/h4-14,24,30H,1-3H3. The van der Waals surface area contributed by atoms with Crippen molar-refractivity contribution in [1.82, 2.24) is 0 Å². The first-order valence-corrected chi connectivity index (χ1v) is 10.2. The summed E-state index contributed by atoms with van der Waals surface area (Å²) < 4.78 is 45.7. The number of benzene rings is 3. The second kappa shape index (κ2) is 6.64. The Morgan fingerprint density at radius 1 is 0.903 bits per heavy atom. The van der Waals surface area contributed by atoms with Crippen molar-refractivity contribution < 1.29 is 17.9 Å². The molecule has 3 aromatic rings. The van der Waals surface area contributed by atoms with Gasteiger partial charge in [-0.15, -0.1) is 0 Å². The molecular formula is C26H22F3NO. The molecule has 2 heterocycles. The molecule has 5 rings (SSSR count). The van der Waals surface area contributed by atoms with Gasteiger partial charge in [0.25, 0.3) is 0 Å². The Morgan fingerprint density at radius 3 is 2.32 bits per heavy atom. The topological polar surface area (TPSA) is 21.3 Å². The van der Waals surface area contributed by atoms with E-state index in [1.165, 1.54) is 12.1 Å². The van der Waals surface area contributed by atoms with E-state index in [0.29, 0.717) is 5.56 Å². The molecule has 2 nitrogen and oxygen atoms in total. The summed E-state index contributed by atoms with van der Waals surface area (Å²) in [5, 5.41) is 3.56. The minimum Gasteiger partial charge on any atom is -0.480 e. The molecule has 1 atom stereocenters. The second-order valence-electron chi connectivity index (χ2n) is 8.74. The molecule has 0 amide bonds. The SMILES string of the molecule is CC1=CC(C)(C)Nc2ccc3c(c21)C(c1ccc(C(F)(F)F)cc1)Oc1ccccc1-3. The van der Waals surface area contributed by atoms with Gasteiger partial charge in [-0.25, -0.2) is 0 Å². The first-order valence-electron chi connectivity index (χ1n) is 10.2. The molecule has 0 spiro atoms. The van der Waals surface area contributed by atoms with Gasteiger partial charge in [0.1, 0.15) is 5.75 Å². The first-order chi connectivity index (χ1) is 14.6. The van der Waals surface area contributed by atoms with E-state index < -0.39 is 17.8 Å². The minimum absolute atomic E-state index is 0.192. The van der Waals surface area contributed by atoms with Crippen LogP contribution < -0.4 is 10.1 Å². The number of alkyl halides is 3. The molecule has 1 N–H and O–H groups in total. The van der Waals surface area contributed by atoms with E-state index in [0.717, 1.165) is 51.4 Å². The Balaban J connectivity index is 1.73. The van der Waals surface area contributed by atoms with Crippen LogP contribution in [-0.4, -0.2) is 5.54 Å². The summed E-state index contributed by atoms with van der Waals surface area (Å²) in [6.07, 6.45) is -2.70. The summed E-state index contributed by atoms with van der Waals surface area (Å²) in [5.41, 5.74) is 6.02. The summed E-state index contributed by atoms with van der Waals surface area (Å²) in [7, 11) is 0.